The third-order valence-electron chi connectivity index (χ3n) is 2.62. The van der Waals surface area contributed by atoms with Gasteiger partial charge >= 0.3 is 0 Å². The highest BCUT2D eigenvalue weighted by Crippen LogP contribution is 2.02. The number of aromatic nitrogens is 3. The third-order valence-corrected chi connectivity index (χ3v) is 3.23. The van der Waals surface area contributed by atoms with Gasteiger partial charge in [0, 0.05) is 25.5 Å². The van der Waals surface area contributed by atoms with E-state index in [1.807, 2.05) is 28.8 Å². The third kappa shape index (κ3) is 4.51. The van der Waals surface area contributed by atoms with Gasteiger partial charge < -0.3 is 10.6 Å². The maximum Gasteiger partial charge on any atom is 0.191 e. The first kappa shape index (κ1) is 17.0. The summed E-state index contributed by atoms with van der Waals surface area (Å²) in [7, 11) is 1.76. The highest BCUT2D eigenvalue weighted by molar-refractivity contribution is 14.0. The summed E-state index contributed by atoms with van der Waals surface area (Å²) < 4.78 is 1.96. The minimum atomic E-state index is 0. The van der Waals surface area contributed by atoms with E-state index in [0.717, 1.165) is 29.7 Å². The Labute approximate surface area is 139 Å². The molecule has 2 aromatic rings. The molecule has 2 rings (SSSR count). The highest BCUT2D eigenvalue weighted by Gasteiger charge is 2.05. The minimum Gasteiger partial charge on any atom is -0.356 e. The van der Waals surface area contributed by atoms with Crippen molar-refractivity contribution in [2.45, 2.75) is 6.54 Å². The molecule has 0 spiro atoms. The van der Waals surface area contributed by atoms with Gasteiger partial charge in [-0.3, -0.25) is 9.39 Å². The molecule has 2 aromatic heterocycles. The van der Waals surface area contributed by atoms with Crippen LogP contribution >= 0.6 is 35.7 Å². The van der Waals surface area contributed by atoms with Crippen LogP contribution in [0.4, 0.5) is 0 Å². The summed E-state index contributed by atoms with van der Waals surface area (Å²) in [6, 6.07) is 5.84. The summed E-state index contributed by atoms with van der Waals surface area (Å²) in [5.74, 6) is 2.69. The summed E-state index contributed by atoms with van der Waals surface area (Å²) in [6.07, 6.45) is 4.04. The average molecular weight is 406 g/mol. The molecule has 0 bridgehead atoms. The van der Waals surface area contributed by atoms with E-state index in [0.29, 0.717) is 6.54 Å². The summed E-state index contributed by atoms with van der Waals surface area (Å²) in [4.78, 5) is 4.17. The Balaban J connectivity index is 0.00000200. The molecule has 0 aliphatic heterocycles. The van der Waals surface area contributed by atoms with Crippen LogP contribution < -0.4 is 10.6 Å². The molecular weight excluding hydrogens is 387 g/mol. The predicted molar refractivity (Wildman–Crippen MR) is 95.0 cm³/mol. The van der Waals surface area contributed by atoms with Gasteiger partial charge in [-0.15, -0.1) is 34.2 Å². The first-order valence-corrected chi connectivity index (χ1v) is 7.46. The Morgan fingerprint density at radius 1 is 1.35 bits per heavy atom. The number of guanidine groups is 1. The molecule has 0 atom stereocenters. The van der Waals surface area contributed by atoms with Crippen molar-refractivity contribution in [3.8, 4) is 0 Å². The number of nitrogens with one attached hydrogen (secondary N) is 2. The van der Waals surface area contributed by atoms with E-state index < -0.39 is 0 Å². The number of thioether (sulfide) groups is 1. The number of nitrogens with zero attached hydrogens (tertiary/aromatic N) is 4. The minimum absolute atomic E-state index is 0. The Bertz CT molecular complexity index is 556. The number of fused-ring (bicyclic) bond motifs is 1. The molecule has 0 aliphatic rings. The monoisotopic (exact) mass is 406 g/mol. The molecule has 0 saturated heterocycles. The van der Waals surface area contributed by atoms with Crippen LogP contribution in [0.25, 0.3) is 5.65 Å². The van der Waals surface area contributed by atoms with Gasteiger partial charge in [0.05, 0.1) is 6.54 Å². The second-order valence-electron chi connectivity index (χ2n) is 3.89. The van der Waals surface area contributed by atoms with Gasteiger partial charge in [0.1, 0.15) is 0 Å². The molecule has 0 aromatic carbocycles. The number of rotatable bonds is 5. The van der Waals surface area contributed by atoms with Gasteiger partial charge in [-0.2, -0.15) is 11.8 Å². The van der Waals surface area contributed by atoms with Crippen molar-refractivity contribution in [1.82, 2.24) is 25.2 Å². The van der Waals surface area contributed by atoms with Crippen molar-refractivity contribution in [1.29, 1.82) is 0 Å². The predicted octanol–water partition coefficient (Wildman–Crippen LogP) is 1.38. The van der Waals surface area contributed by atoms with E-state index in [1.54, 1.807) is 18.8 Å². The number of halogens is 1. The second kappa shape index (κ2) is 9.01. The van der Waals surface area contributed by atoms with Crippen LogP contribution in [0.5, 0.6) is 0 Å². The van der Waals surface area contributed by atoms with Gasteiger partial charge in [-0.25, -0.2) is 0 Å². The average Bonchev–Trinajstić information content (AvgIpc) is 2.86. The van der Waals surface area contributed by atoms with Crippen LogP contribution in [-0.2, 0) is 6.54 Å². The lowest BCUT2D eigenvalue weighted by atomic mass is 10.4. The van der Waals surface area contributed by atoms with Crippen molar-refractivity contribution in [3.63, 3.8) is 0 Å². The van der Waals surface area contributed by atoms with Crippen LogP contribution in [0.3, 0.4) is 0 Å². The van der Waals surface area contributed by atoms with E-state index in [-0.39, 0.29) is 24.0 Å². The molecule has 0 aliphatic carbocycles. The number of hydrogen-bond acceptors (Lipinski definition) is 4. The SMILES string of the molecule is CN=C(NCCSC)NCc1nnc2ccccn12.I. The summed E-state index contributed by atoms with van der Waals surface area (Å²) >= 11 is 1.80. The fraction of sp³-hybridized carbons (Fsp3) is 0.417. The van der Waals surface area contributed by atoms with Crippen LogP contribution in [-0.4, -0.2) is 46.2 Å². The Hall–Kier alpha value is -1.03. The lowest BCUT2D eigenvalue weighted by Gasteiger charge is -2.10. The molecule has 2 N–H and O–H groups in total. The van der Waals surface area contributed by atoms with Crippen LogP contribution in [0, 0.1) is 0 Å². The molecule has 0 fully saturated rings. The normalized spacial score (nSPS) is 11.2. The molecule has 6 nitrogen and oxygen atoms in total. The number of aliphatic imine (C=N–C) groups is 1. The lowest BCUT2D eigenvalue weighted by molar-refractivity contribution is 0.773. The van der Waals surface area contributed by atoms with Gasteiger partial charge in [-0.05, 0) is 18.4 Å². The van der Waals surface area contributed by atoms with Gasteiger partial charge in [0.25, 0.3) is 0 Å². The molecule has 0 radical (unpaired) electrons. The molecule has 0 unspecified atom stereocenters. The van der Waals surface area contributed by atoms with Crippen molar-refractivity contribution < 1.29 is 0 Å². The zero-order chi connectivity index (χ0) is 13.5. The van der Waals surface area contributed by atoms with Crippen LogP contribution in [0.1, 0.15) is 5.82 Å². The van der Waals surface area contributed by atoms with Gasteiger partial charge in [0.2, 0.25) is 0 Å². The van der Waals surface area contributed by atoms with E-state index in [2.05, 4.69) is 32.1 Å². The standard InChI is InChI=1S/C12H18N6S.HI/c1-13-12(14-6-8-19-2)15-9-11-17-16-10-5-3-4-7-18(10)11;/h3-5,7H,6,8-9H2,1-2H3,(H2,13,14,15);1H. The number of hydrogen-bond donors (Lipinski definition) is 2. The van der Waals surface area contributed by atoms with Crippen LogP contribution in [0.2, 0.25) is 0 Å². The maximum absolute atomic E-state index is 4.17. The van der Waals surface area contributed by atoms with Crippen LogP contribution in [0.15, 0.2) is 29.4 Å². The molecule has 110 valence electrons. The van der Waals surface area contributed by atoms with E-state index in [1.165, 1.54) is 0 Å². The first-order valence-electron chi connectivity index (χ1n) is 6.07. The lowest BCUT2D eigenvalue weighted by Crippen LogP contribution is -2.38. The van der Waals surface area contributed by atoms with E-state index in [4.69, 9.17) is 0 Å². The second-order valence-corrected chi connectivity index (χ2v) is 4.88. The fourth-order valence-electron chi connectivity index (χ4n) is 1.67. The summed E-state index contributed by atoms with van der Waals surface area (Å²) in [5.41, 5.74) is 0.852. The molecule has 0 amide bonds. The maximum atomic E-state index is 4.17. The quantitative estimate of drug-likeness (QED) is 0.340. The molecular formula is C12H19IN6S. The van der Waals surface area contributed by atoms with E-state index >= 15 is 0 Å². The zero-order valence-corrected chi connectivity index (χ0v) is 14.7. The van der Waals surface area contributed by atoms with E-state index in [9.17, 15) is 0 Å². The Morgan fingerprint density at radius 2 is 2.20 bits per heavy atom. The molecule has 2 heterocycles. The summed E-state index contributed by atoms with van der Waals surface area (Å²) in [6.45, 7) is 1.48. The van der Waals surface area contributed by atoms with Crippen molar-refractivity contribution >= 4 is 47.3 Å². The van der Waals surface area contributed by atoms with Crippen molar-refractivity contribution in [3.05, 3.63) is 30.2 Å². The molecule has 20 heavy (non-hydrogen) atoms. The fourth-order valence-corrected chi connectivity index (χ4v) is 1.97. The summed E-state index contributed by atoms with van der Waals surface area (Å²) in [5, 5.41) is 14.7. The molecule has 0 saturated carbocycles. The Morgan fingerprint density at radius 3 is 2.95 bits per heavy atom. The zero-order valence-electron chi connectivity index (χ0n) is 11.5. The van der Waals surface area contributed by atoms with Crippen molar-refractivity contribution in [2.75, 3.05) is 25.6 Å². The Kier molecular flexibility index (Phi) is 7.67. The topological polar surface area (TPSA) is 66.6 Å². The molecule has 8 heteroatoms. The number of pyridine rings is 1. The highest BCUT2D eigenvalue weighted by atomic mass is 127. The van der Waals surface area contributed by atoms with Gasteiger partial charge in [0.15, 0.2) is 17.4 Å². The smallest absolute Gasteiger partial charge is 0.191 e. The van der Waals surface area contributed by atoms with Gasteiger partial charge in [-0.1, -0.05) is 6.07 Å². The largest absolute Gasteiger partial charge is 0.356 e. The van der Waals surface area contributed by atoms with Crippen molar-refractivity contribution in [2.24, 2.45) is 4.99 Å². The first-order chi connectivity index (χ1) is 9.35.